The van der Waals surface area contributed by atoms with Gasteiger partial charge in [0.2, 0.25) is 5.91 Å². The van der Waals surface area contributed by atoms with Gasteiger partial charge in [0.25, 0.3) is 0 Å². The molecule has 1 amide bonds. The minimum absolute atomic E-state index is 0.0645. The lowest BCUT2D eigenvalue weighted by Gasteiger charge is -2.27. The van der Waals surface area contributed by atoms with E-state index in [2.05, 4.69) is 39.5 Å². The van der Waals surface area contributed by atoms with E-state index in [0.717, 1.165) is 30.9 Å². The summed E-state index contributed by atoms with van der Waals surface area (Å²) in [6.07, 6.45) is 1.81. The number of amides is 1. The Kier molecular flexibility index (Phi) is 4.28. The lowest BCUT2D eigenvalue weighted by molar-refractivity contribution is -0.125. The van der Waals surface area contributed by atoms with Gasteiger partial charge >= 0.3 is 0 Å². The lowest BCUT2D eigenvalue weighted by Crippen LogP contribution is -2.41. The van der Waals surface area contributed by atoms with Crippen LogP contribution in [0.1, 0.15) is 5.56 Å². The van der Waals surface area contributed by atoms with E-state index in [-0.39, 0.29) is 17.9 Å². The summed E-state index contributed by atoms with van der Waals surface area (Å²) in [7, 11) is 0. The smallest absolute Gasteiger partial charge is 0.227 e. The van der Waals surface area contributed by atoms with Gasteiger partial charge < -0.3 is 10.1 Å². The van der Waals surface area contributed by atoms with Crippen molar-refractivity contribution in [3.05, 3.63) is 54.2 Å². The van der Waals surface area contributed by atoms with Crippen molar-refractivity contribution in [1.82, 2.24) is 15.2 Å². The third-order valence-electron chi connectivity index (χ3n) is 4.63. The number of hydrogen-bond acceptors (Lipinski definition) is 4. The summed E-state index contributed by atoms with van der Waals surface area (Å²) < 4.78 is 5.58. The summed E-state index contributed by atoms with van der Waals surface area (Å²) in [5, 5.41) is 3.07. The Bertz CT molecular complexity index is 702. The molecule has 2 fully saturated rings. The van der Waals surface area contributed by atoms with E-state index >= 15 is 0 Å². The Morgan fingerprint density at radius 1 is 1.12 bits per heavy atom. The minimum Gasteiger partial charge on any atom is -0.378 e. The Morgan fingerprint density at radius 3 is 2.79 bits per heavy atom. The maximum atomic E-state index is 12.1. The monoisotopic (exact) mass is 323 g/mol. The van der Waals surface area contributed by atoms with Crippen LogP contribution in [-0.4, -0.2) is 48.1 Å². The number of hydrogen-bond donors (Lipinski definition) is 1. The SMILES string of the molecule is O=C1N[C@@H]2COC[C@H]1CN(Cc1ccc(-c3ccccn3)cc1)C2. The lowest BCUT2D eigenvalue weighted by atomic mass is 10.1. The number of aromatic nitrogens is 1. The maximum absolute atomic E-state index is 12.1. The summed E-state index contributed by atoms with van der Waals surface area (Å²) in [6.45, 7) is 3.58. The number of benzene rings is 1. The zero-order chi connectivity index (χ0) is 16.4. The zero-order valence-electron chi connectivity index (χ0n) is 13.5. The number of pyridine rings is 1. The average Bonchev–Trinajstić information content (AvgIpc) is 2.85. The van der Waals surface area contributed by atoms with Crippen molar-refractivity contribution in [2.75, 3.05) is 26.3 Å². The van der Waals surface area contributed by atoms with Gasteiger partial charge in [-0.25, -0.2) is 0 Å². The summed E-state index contributed by atoms with van der Waals surface area (Å²) in [4.78, 5) is 18.8. The van der Waals surface area contributed by atoms with E-state index in [1.165, 1.54) is 5.56 Å². The van der Waals surface area contributed by atoms with Crippen LogP contribution in [0.4, 0.5) is 0 Å². The fourth-order valence-electron chi connectivity index (χ4n) is 3.42. The number of carbonyl (C=O) groups is 1. The molecule has 1 aromatic heterocycles. The molecule has 3 heterocycles. The summed E-state index contributed by atoms with van der Waals surface area (Å²) >= 11 is 0. The number of fused-ring (bicyclic) bond motifs is 3. The highest BCUT2D eigenvalue weighted by molar-refractivity contribution is 5.80. The van der Waals surface area contributed by atoms with Gasteiger partial charge in [0, 0.05) is 31.4 Å². The first-order valence-corrected chi connectivity index (χ1v) is 8.39. The molecule has 2 aliphatic heterocycles. The van der Waals surface area contributed by atoms with Crippen molar-refractivity contribution in [2.24, 2.45) is 5.92 Å². The predicted octanol–water partition coefficient (Wildman–Crippen LogP) is 1.70. The van der Waals surface area contributed by atoms with Crippen LogP contribution in [0.2, 0.25) is 0 Å². The molecule has 2 aromatic rings. The number of ether oxygens (including phenoxy) is 1. The van der Waals surface area contributed by atoms with Gasteiger partial charge in [0.05, 0.1) is 30.9 Å². The van der Waals surface area contributed by atoms with Crippen LogP contribution < -0.4 is 5.32 Å². The minimum atomic E-state index is -0.0645. The molecule has 5 heteroatoms. The molecule has 0 spiro atoms. The van der Waals surface area contributed by atoms with Gasteiger partial charge in [-0.2, -0.15) is 0 Å². The molecule has 1 N–H and O–H groups in total. The average molecular weight is 323 g/mol. The molecule has 0 unspecified atom stereocenters. The van der Waals surface area contributed by atoms with Gasteiger partial charge in [-0.3, -0.25) is 14.7 Å². The molecule has 2 saturated heterocycles. The van der Waals surface area contributed by atoms with Gasteiger partial charge in [0.15, 0.2) is 0 Å². The Hall–Kier alpha value is -2.24. The molecule has 24 heavy (non-hydrogen) atoms. The first-order valence-electron chi connectivity index (χ1n) is 8.39. The van der Waals surface area contributed by atoms with Crippen molar-refractivity contribution in [3.63, 3.8) is 0 Å². The number of nitrogens with one attached hydrogen (secondary N) is 1. The van der Waals surface area contributed by atoms with E-state index in [0.29, 0.717) is 13.2 Å². The summed E-state index contributed by atoms with van der Waals surface area (Å²) in [5.74, 6) is 0.0655. The Labute approximate surface area is 141 Å². The van der Waals surface area contributed by atoms with Crippen molar-refractivity contribution in [2.45, 2.75) is 12.6 Å². The Balaban J connectivity index is 1.46. The van der Waals surface area contributed by atoms with Gasteiger partial charge in [-0.05, 0) is 17.7 Å². The summed E-state index contributed by atoms with van der Waals surface area (Å²) in [6, 6.07) is 14.6. The van der Waals surface area contributed by atoms with Crippen LogP contribution in [0.15, 0.2) is 48.7 Å². The molecule has 2 aliphatic rings. The number of rotatable bonds is 3. The second kappa shape index (κ2) is 6.71. The molecule has 4 rings (SSSR count). The van der Waals surface area contributed by atoms with Crippen molar-refractivity contribution in [1.29, 1.82) is 0 Å². The highest BCUT2D eigenvalue weighted by atomic mass is 16.5. The quantitative estimate of drug-likeness (QED) is 0.934. The molecule has 2 atom stereocenters. The highest BCUT2D eigenvalue weighted by Gasteiger charge is 2.32. The van der Waals surface area contributed by atoms with E-state index in [9.17, 15) is 4.79 Å². The van der Waals surface area contributed by atoms with Crippen LogP contribution in [0, 0.1) is 5.92 Å². The normalized spacial score (nSPS) is 24.2. The summed E-state index contributed by atoms with van der Waals surface area (Å²) in [5.41, 5.74) is 3.36. The van der Waals surface area contributed by atoms with Crippen LogP contribution in [0.3, 0.4) is 0 Å². The maximum Gasteiger partial charge on any atom is 0.227 e. The van der Waals surface area contributed by atoms with Crippen molar-refractivity contribution >= 4 is 5.91 Å². The Morgan fingerprint density at radius 2 is 2.00 bits per heavy atom. The first kappa shape index (κ1) is 15.3. The van der Waals surface area contributed by atoms with Crippen LogP contribution >= 0.6 is 0 Å². The van der Waals surface area contributed by atoms with Gasteiger partial charge in [-0.15, -0.1) is 0 Å². The molecular weight excluding hydrogens is 302 g/mol. The highest BCUT2D eigenvalue weighted by Crippen LogP contribution is 2.20. The predicted molar refractivity (Wildman–Crippen MR) is 91.2 cm³/mol. The molecule has 124 valence electrons. The molecule has 2 bridgehead atoms. The van der Waals surface area contributed by atoms with Crippen molar-refractivity contribution < 1.29 is 9.53 Å². The second-order valence-electron chi connectivity index (χ2n) is 6.55. The van der Waals surface area contributed by atoms with Gasteiger partial charge in [-0.1, -0.05) is 30.3 Å². The topological polar surface area (TPSA) is 54.5 Å². The fraction of sp³-hybridized carbons (Fsp3) is 0.368. The van der Waals surface area contributed by atoms with E-state index in [4.69, 9.17) is 4.74 Å². The molecule has 5 nitrogen and oxygen atoms in total. The zero-order valence-corrected chi connectivity index (χ0v) is 13.5. The number of nitrogens with zero attached hydrogens (tertiary/aromatic N) is 2. The molecule has 0 radical (unpaired) electrons. The van der Waals surface area contributed by atoms with E-state index in [1.807, 2.05) is 24.4 Å². The van der Waals surface area contributed by atoms with Crippen molar-refractivity contribution in [3.8, 4) is 11.3 Å². The molecular formula is C19H21N3O2. The van der Waals surface area contributed by atoms with E-state index < -0.39 is 0 Å². The van der Waals surface area contributed by atoms with E-state index in [1.54, 1.807) is 0 Å². The third kappa shape index (κ3) is 3.32. The standard InChI is InChI=1S/C19H21N3O2/c23-19-16-10-22(11-17(21-19)13-24-12-16)9-14-4-6-15(7-5-14)18-3-1-2-8-20-18/h1-8,16-17H,9-13H2,(H,21,23)/t16-,17+/m1/s1. The molecule has 1 aromatic carbocycles. The van der Waals surface area contributed by atoms with Crippen LogP contribution in [0.5, 0.6) is 0 Å². The molecule has 0 aliphatic carbocycles. The van der Waals surface area contributed by atoms with Gasteiger partial charge in [0.1, 0.15) is 0 Å². The fourth-order valence-corrected chi connectivity index (χ4v) is 3.42. The van der Waals surface area contributed by atoms with Crippen LogP contribution in [-0.2, 0) is 16.1 Å². The third-order valence-corrected chi connectivity index (χ3v) is 4.63. The largest absolute Gasteiger partial charge is 0.378 e. The first-order chi connectivity index (χ1) is 11.8. The van der Waals surface area contributed by atoms with Crippen LogP contribution in [0.25, 0.3) is 11.3 Å². The number of carbonyl (C=O) groups excluding carboxylic acids is 1. The molecule has 0 saturated carbocycles. The second-order valence-corrected chi connectivity index (χ2v) is 6.55.